The van der Waals surface area contributed by atoms with Crippen LogP contribution in [0.5, 0.6) is 0 Å². The highest BCUT2D eigenvalue weighted by atomic mass is 35.5. The molecule has 2 atom stereocenters. The summed E-state index contributed by atoms with van der Waals surface area (Å²) in [6, 6.07) is 0. The molecule has 1 amide bonds. The fourth-order valence-corrected chi connectivity index (χ4v) is 2.34. The largest absolute Gasteiger partial charge is 0.393 e. The van der Waals surface area contributed by atoms with Crippen LogP contribution in [0, 0.1) is 11.8 Å². The second-order valence-electron chi connectivity index (χ2n) is 4.72. The summed E-state index contributed by atoms with van der Waals surface area (Å²) in [5.74, 6) is 0.795. The van der Waals surface area contributed by atoms with Gasteiger partial charge in [0.05, 0.1) is 6.10 Å². The van der Waals surface area contributed by atoms with Crippen molar-refractivity contribution in [3.63, 3.8) is 0 Å². The standard InChI is InChI=1S/C11H20ClNO2/c1-8(2)5-9-7-13(11(15)6-12)4-3-10(9)14/h8-10,14H,3-7H2,1-2H3/t9-,10+/m0/s1. The number of alkyl halides is 1. The number of hydrogen-bond acceptors (Lipinski definition) is 2. The smallest absolute Gasteiger partial charge is 0.237 e. The quantitative estimate of drug-likeness (QED) is 0.751. The monoisotopic (exact) mass is 233 g/mol. The predicted molar refractivity (Wildman–Crippen MR) is 60.9 cm³/mol. The van der Waals surface area contributed by atoms with E-state index in [0.29, 0.717) is 25.4 Å². The van der Waals surface area contributed by atoms with E-state index in [2.05, 4.69) is 13.8 Å². The Labute approximate surface area is 96.4 Å². The lowest BCUT2D eigenvalue weighted by molar-refractivity contribution is -0.132. The maximum Gasteiger partial charge on any atom is 0.237 e. The van der Waals surface area contributed by atoms with E-state index in [1.165, 1.54) is 0 Å². The minimum absolute atomic E-state index is 0.0164. The Balaban J connectivity index is 2.51. The second-order valence-corrected chi connectivity index (χ2v) is 4.99. The number of likely N-dealkylation sites (tertiary alicyclic amines) is 1. The molecule has 0 saturated carbocycles. The molecule has 88 valence electrons. The van der Waals surface area contributed by atoms with Gasteiger partial charge in [0.2, 0.25) is 5.91 Å². The average molecular weight is 234 g/mol. The first-order chi connectivity index (χ1) is 7.04. The number of piperidine rings is 1. The van der Waals surface area contributed by atoms with Gasteiger partial charge in [0.15, 0.2) is 0 Å². The summed E-state index contributed by atoms with van der Waals surface area (Å²) in [5.41, 5.74) is 0. The highest BCUT2D eigenvalue weighted by molar-refractivity contribution is 6.27. The van der Waals surface area contributed by atoms with Crippen LogP contribution in [0.3, 0.4) is 0 Å². The Hall–Kier alpha value is -0.280. The van der Waals surface area contributed by atoms with E-state index in [1.807, 2.05) is 0 Å². The first-order valence-corrected chi connectivity index (χ1v) is 6.09. The maximum atomic E-state index is 11.4. The lowest BCUT2D eigenvalue weighted by Gasteiger charge is -2.36. The Morgan fingerprint density at radius 1 is 1.60 bits per heavy atom. The van der Waals surface area contributed by atoms with Gasteiger partial charge in [0.25, 0.3) is 0 Å². The van der Waals surface area contributed by atoms with Gasteiger partial charge in [0, 0.05) is 19.0 Å². The van der Waals surface area contributed by atoms with E-state index in [1.54, 1.807) is 4.90 Å². The number of carbonyl (C=O) groups is 1. The van der Waals surface area contributed by atoms with E-state index < -0.39 is 0 Å². The van der Waals surface area contributed by atoms with Gasteiger partial charge in [-0.3, -0.25) is 4.79 Å². The van der Waals surface area contributed by atoms with Gasteiger partial charge in [-0.1, -0.05) is 13.8 Å². The minimum Gasteiger partial charge on any atom is -0.393 e. The van der Waals surface area contributed by atoms with Crippen LogP contribution < -0.4 is 0 Å². The first-order valence-electron chi connectivity index (χ1n) is 5.56. The molecule has 0 aromatic rings. The zero-order valence-electron chi connectivity index (χ0n) is 9.45. The fourth-order valence-electron chi connectivity index (χ4n) is 2.17. The molecule has 0 aliphatic carbocycles. The van der Waals surface area contributed by atoms with Gasteiger partial charge in [-0.2, -0.15) is 0 Å². The van der Waals surface area contributed by atoms with Gasteiger partial charge >= 0.3 is 0 Å². The fraction of sp³-hybridized carbons (Fsp3) is 0.909. The van der Waals surface area contributed by atoms with Crippen molar-refractivity contribution in [1.29, 1.82) is 0 Å². The summed E-state index contributed by atoms with van der Waals surface area (Å²) in [5, 5.41) is 9.82. The molecule has 1 aliphatic heterocycles. The summed E-state index contributed by atoms with van der Waals surface area (Å²) >= 11 is 5.52. The molecule has 1 aliphatic rings. The van der Waals surface area contributed by atoms with Crippen LogP contribution in [0.1, 0.15) is 26.7 Å². The molecule has 0 unspecified atom stereocenters. The number of nitrogens with zero attached hydrogens (tertiary/aromatic N) is 1. The molecule has 15 heavy (non-hydrogen) atoms. The molecule has 3 nitrogen and oxygen atoms in total. The minimum atomic E-state index is -0.258. The SMILES string of the molecule is CC(C)C[C@H]1CN(C(=O)CCl)CC[C@H]1O. The summed E-state index contributed by atoms with van der Waals surface area (Å²) in [6.45, 7) is 5.57. The molecule has 1 rings (SSSR count). The summed E-state index contributed by atoms with van der Waals surface area (Å²) < 4.78 is 0. The van der Waals surface area contributed by atoms with Crippen LogP contribution in [0.4, 0.5) is 0 Å². The first kappa shape index (κ1) is 12.8. The molecular weight excluding hydrogens is 214 g/mol. The molecule has 1 fully saturated rings. The second kappa shape index (κ2) is 5.71. The zero-order chi connectivity index (χ0) is 11.4. The molecular formula is C11H20ClNO2. The van der Waals surface area contributed by atoms with Crippen molar-refractivity contribution in [3.8, 4) is 0 Å². The number of aliphatic hydroxyl groups is 1. The van der Waals surface area contributed by atoms with E-state index in [9.17, 15) is 9.90 Å². The number of aliphatic hydroxyl groups excluding tert-OH is 1. The lowest BCUT2D eigenvalue weighted by Crippen LogP contribution is -2.46. The van der Waals surface area contributed by atoms with E-state index in [0.717, 1.165) is 6.42 Å². The van der Waals surface area contributed by atoms with Crippen molar-refractivity contribution >= 4 is 17.5 Å². The Morgan fingerprint density at radius 2 is 2.27 bits per heavy atom. The van der Waals surface area contributed by atoms with Gasteiger partial charge in [-0.15, -0.1) is 11.6 Å². The third kappa shape index (κ3) is 3.65. The van der Waals surface area contributed by atoms with Crippen LogP contribution in [-0.4, -0.2) is 41.0 Å². The van der Waals surface area contributed by atoms with E-state index in [-0.39, 0.29) is 23.8 Å². The van der Waals surface area contributed by atoms with Crippen LogP contribution in [0.2, 0.25) is 0 Å². The molecule has 0 aromatic carbocycles. The molecule has 1 N–H and O–H groups in total. The van der Waals surface area contributed by atoms with Crippen molar-refractivity contribution in [2.24, 2.45) is 11.8 Å². The summed E-state index contributed by atoms with van der Waals surface area (Å²) in [7, 11) is 0. The Kier molecular flexibility index (Phi) is 4.87. The van der Waals surface area contributed by atoms with Crippen LogP contribution in [0.25, 0.3) is 0 Å². The Morgan fingerprint density at radius 3 is 2.80 bits per heavy atom. The van der Waals surface area contributed by atoms with Gasteiger partial charge in [-0.05, 0) is 18.8 Å². The molecule has 1 heterocycles. The number of carbonyl (C=O) groups excluding carboxylic acids is 1. The van der Waals surface area contributed by atoms with Crippen molar-refractivity contribution in [2.75, 3.05) is 19.0 Å². The molecule has 0 spiro atoms. The van der Waals surface area contributed by atoms with E-state index >= 15 is 0 Å². The molecule has 0 aromatic heterocycles. The van der Waals surface area contributed by atoms with Crippen molar-refractivity contribution < 1.29 is 9.90 Å². The normalized spacial score (nSPS) is 27.1. The van der Waals surface area contributed by atoms with Crippen molar-refractivity contribution in [1.82, 2.24) is 4.90 Å². The van der Waals surface area contributed by atoms with Gasteiger partial charge in [0.1, 0.15) is 5.88 Å². The molecule has 1 saturated heterocycles. The third-order valence-corrected chi connectivity index (χ3v) is 3.16. The zero-order valence-corrected chi connectivity index (χ0v) is 10.2. The average Bonchev–Trinajstić information content (AvgIpc) is 2.19. The Bertz CT molecular complexity index is 221. The van der Waals surface area contributed by atoms with Crippen LogP contribution in [0.15, 0.2) is 0 Å². The number of hydrogen-bond donors (Lipinski definition) is 1. The maximum absolute atomic E-state index is 11.4. The van der Waals surface area contributed by atoms with Crippen molar-refractivity contribution in [3.05, 3.63) is 0 Å². The summed E-state index contributed by atoms with van der Waals surface area (Å²) in [6.07, 6.45) is 1.39. The van der Waals surface area contributed by atoms with Gasteiger partial charge in [-0.25, -0.2) is 0 Å². The molecule has 0 bridgehead atoms. The molecule has 4 heteroatoms. The molecule has 0 radical (unpaired) electrons. The highest BCUT2D eigenvalue weighted by Crippen LogP contribution is 2.23. The number of rotatable bonds is 3. The van der Waals surface area contributed by atoms with Gasteiger partial charge < -0.3 is 10.0 Å². The number of halogens is 1. The third-order valence-electron chi connectivity index (χ3n) is 2.94. The highest BCUT2D eigenvalue weighted by Gasteiger charge is 2.29. The predicted octanol–water partition coefficient (Wildman–Crippen LogP) is 1.48. The summed E-state index contributed by atoms with van der Waals surface area (Å²) in [4.78, 5) is 13.2. The van der Waals surface area contributed by atoms with Crippen molar-refractivity contribution in [2.45, 2.75) is 32.8 Å². The van der Waals surface area contributed by atoms with Crippen LogP contribution in [-0.2, 0) is 4.79 Å². The van der Waals surface area contributed by atoms with E-state index in [4.69, 9.17) is 11.6 Å². The van der Waals surface area contributed by atoms with Crippen LogP contribution >= 0.6 is 11.6 Å². The number of amides is 1. The topological polar surface area (TPSA) is 40.5 Å². The lowest BCUT2D eigenvalue weighted by atomic mass is 9.87.